The van der Waals surface area contributed by atoms with Crippen molar-refractivity contribution in [2.75, 3.05) is 20.3 Å². The maximum absolute atomic E-state index is 12.3. The summed E-state index contributed by atoms with van der Waals surface area (Å²) in [6.07, 6.45) is 0.333. The molecule has 2 aromatic carbocycles. The van der Waals surface area contributed by atoms with Crippen molar-refractivity contribution >= 4 is 11.6 Å². The molecule has 4 aromatic rings. The van der Waals surface area contributed by atoms with Crippen LogP contribution in [0.3, 0.4) is 0 Å². The van der Waals surface area contributed by atoms with Crippen molar-refractivity contribution in [1.82, 2.24) is 25.1 Å². The van der Waals surface area contributed by atoms with Crippen LogP contribution in [0, 0.1) is 0 Å². The Labute approximate surface area is 197 Å². The minimum atomic E-state index is -0.623. The van der Waals surface area contributed by atoms with Gasteiger partial charge in [0, 0.05) is 6.07 Å². The second-order valence-electron chi connectivity index (χ2n) is 7.56. The van der Waals surface area contributed by atoms with E-state index in [0.717, 1.165) is 12.0 Å². The number of fused-ring (bicyclic) bond motifs is 1. The summed E-state index contributed by atoms with van der Waals surface area (Å²) in [7, 11) is 1.60. The molecule has 0 radical (unpaired) electrons. The van der Waals surface area contributed by atoms with Crippen molar-refractivity contribution in [1.29, 1.82) is 0 Å². The number of rotatable bonds is 10. The number of amides is 1. The summed E-state index contributed by atoms with van der Waals surface area (Å²) < 4.78 is 18.5. The largest absolute Gasteiger partial charge is 0.496 e. The Morgan fingerprint density at radius 2 is 1.85 bits per heavy atom. The van der Waals surface area contributed by atoms with E-state index < -0.39 is 6.10 Å². The molecule has 0 spiro atoms. The van der Waals surface area contributed by atoms with Gasteiger partial charge in [0.25, 0.3) is 5.91 Å². The Hall–Kier alpha value is -4.14. The Bertz CT molecular complexity index is 1260. The fraction of sp³-hybridized carbons (Fsp3) is 0.280. The van der Waals surface area contributed by atoms with Gasteiger partial charge < -0.3 is 19.5 Å². The molecule has 1 unspecified atom stereocenters. The number of benzene rings is 2. The number of nitrogens with zero attached hydrogens (tertiary/aromatic N) is 4. The number of hydrogen-bond donors (Lipinski definition) is 1. The lowest BCUT2D eigenvalue weighted by Gasteiger charge is -2.15. The van der Waals surface area contributed by atoms with Crippen LogP contribution in [0.25, 0.3) is 17.0 Å². The molecule has 1 N–H and O–H groups in total. The van der Waals surface area contributed by atoms with E-state index in [9.17, 15) is 4.79 Å². The monoisotopic (exact) mass is 461 g/mol. The number of aryl methyl sites for hydroxylation is 1. The first kappa shape index (κ1) is 23.0. The molecule has 0 saturated heterocycles. The minimum absolute atomic E-state index is 0.219. The molecule has 4 rings (SSSR count). The normalized spacial score (nSPS) is 11.7. The van der Waals surface area contributed by atoms with Crippen LogP contribution in [0.2, 0.25) is 0 Å². The predicted octanol–water partition coefficient (Wildman–Crippen LogP) is 3.32. The van der Waals surface area contributed by atoms with Crippen molar-refractivity contribution in [3.63, 3.8) is 0 Å². The molecule has 1 atom stereocenters. The maximum atomic E-state index is 12.3. The molecule has 34 heavy (non-hydrogen) atoms. The van der Waals surface area contributed by atoms with Crippen LogP contribution in [0.1, 0.15) is 19.4 Å². The topological polar surface area (TPSA) is 99.9 Å². The van der Waals surface area contributed by atoms with E-state index in [1.807, 2.05) is 48.5 Å². The molecule has 2 aromatic heterocycles. The second kappa shape index (κ2) is 10.7. The summed E-state index contributed by atoms with van der Waals surface area (Å²) in [5.74, 6) is 2.05. The lowest BCUT2D eigenvalue weighted by Crippen LogP contribution is -2.38. The van der Waals surface area contributed by atoms with E-state index in [-0.39, 0.29) is 12.5 Å². The fourth-order valence-electron chi connectivity index (χ4n) is 3.38. The van der Waals surface area contributed by atoms with Gasteiger partial charge in [-0.3, -0.25) is 4.79 Å². The quantitative estimate of drug-likeness (QED) is 0.362. The number of carbonyl (C=O) groups is 1. The Kier molecular flexibility index (Phi) is 7.22. The highest BCUT2D eigenvalue weighted by molar-refractivity contribution is 5.80. The van der Waals surface area contributed by atoms with Gasteiger partial charge in [0.05, 0.1) is 19.2 Å². The standard InChI is InChI=1S/C25H27N5O4/c1-4-18-9-11-19(12-10-18)34-17(2)25(31)26-15-16-33-23-14-13-22-27-28-24(30(22)29-23)20-7-5-6-8-21(20)32-3/h5-14,17H,4,15-16H2,1-3H3,(H,26,31). The van der Waals surface area contributed by atoms with Crippen molar-refractivity contribution in [3.05, 3.63) is 66.2 Å². The third kappa shape index (κ3) is 5.25. The van der Waals surface area contributed by atoms with Crippen LogP contribution in [0.15, 0.2) is 60.7 Å². The number of hydrogen-bond acceptors (Lipinski definition) is 7. The van der Waals surface area contributed by atoms with E-state index in [1.54, 1.807) is 30.7 Å². The van der Waals surface area contributed by atoms with Gasteiger partial charge in [0.15, 0.2) is 17.6 Å². The molecule has 0 aliphatic carbocycles. The summed E-state index contributed by atoms with van der Waals surface area (Å²) >= 11 is 0. The van der Waals surface area contributed by atoms with Gasteiger partial charge in [0.1, 0.15) is 18.1 Å². The summed E-state index contributed by atoms with van der Waals surface area (Å²) in [6.45, 7) is 4.36. The van der Waals surface area contributed by atoms with Gasteiger partial charge in [-0.05, 0) is 49.2 Å². The Morgan fingerprint density at radius 1 is 1.06 bits per heavy atom. The average Bonchev–Trinajstić information content (AvgIpc) is 3.30. The molecule has 0 aliphatic rings. The molecule has 9 heteroatoms. The highest BCUT2D eigenvalue weighted by atomic mass is 16.5. The smallest absolute Gasteiger partial charge is 0.260 e. The molecular formula is C25H27N5O4. The van der Waals surface area contributed by atoms with E-state index in [0.29, 0.717) is 35.4 Å². The molecule has 0 fully saturated rings. The zero-order valence-electron chi connectivity index (χ0n) is 19.4. The van der Waals surface area contributed by atoms with Crippen molar-refractivity contribution in [3.8, 4) is 28.8 Å². The van der Waals surface area contributed by atoms with Gasteiger partial charge in [-0.25, -0.2) is 0 Å². The molecule has 0 bridgehead atoms. The molecule has 9 nitrogen and oxygen atoms in total. The number of carbonyl (C=O) groups excluding carboxylic acids is 1. The van der Waals surface area contributed by atoms with Gasteiger partial charge in [0.2, 0.25) is 5.88 Å². The summed E-state index contributed by atoms with van der Waals surface area (Å²) in [4.78, 5) is 12.3. The Morgan fingerprint density at radius 3 is 2.62 bits per heavy atom. The van der Waals surface area contributed by atoms with Crippen molar-refractivity contribution in [2.24, 2.45) is 0 Å². The summed E-state index contributed by atoms with van der Waals surface area (Å²) in [5, 5.41) is 15.7. The zero-order chi connectivity index (χ0) is 23.9. The van der Waals surface area contributed by atoms with Crippen molar-refractivity contribution in [2.45, 2.75) is 26.4 Å². The first-order valence-electron chi connectivity index (χ1n) is 11.1. The van der Waals surface area contributed by atoms with Crippen LogP contribution in [0.4, 0.5) is 0 Å². The first-order valence-corrected chi connectivity index (χ1v) is 11.1. The number of aromatic nitrogens is 4. The van der Waals surface area contributed by atoms with E-state index in [1.165, 1.54) is 5.56 Å². The van der Waals surface area contributed by atoms with E-state index in [2.05, 4.69) is 27.5 Å². The highest BCUT2D eigenvalue weighted by Crippen LogP contribution is 2.28. The third-order valence-electron chi connectivity index (χ3n) is 5.25. The van der Waals surface area contributed by atoms with Crippen LogP contribution < -0.4 is 19.5 Å². The molecule has 2 heterocycles. The van der Waals surface area contributed by atoms with Crippen LogP contribution in [0.5, 0.6) is 17.4 Å². The van der Waals surface area contributed by atoms with Crippen LogP contribution in [-0.2, 0) is 11.2 Å². The van der Waals surface area contributed by atoms with Gasteiger partial charge in [-0.15, -0.1) is 15.3 Å². The zero-order valence-corrected chi connectivity index (χ0v) is 19.4. The molecule has 0 saturated carbocycles. The molecule has 1 amide bonds. The van der Waals surface area contributed by atoms with Gasteiger partial charge >= 0.3 is 0 Å². The minimum Gasteiger partial charge on any atom is -0.496 e. The van der Waals surface area contributed by atoms with E-state index >= 15 is 0 Å². The average molecular weight is 462 g/mol. The second-order valence-corrected chi connectivity index (χ2v) is 7.56. The van der Waals surface area contributed by atoms with E-state index in [4.69, 9.17) is 14.2 Å². The number of para-hydroxylation sites is 1. The lowest BCUT2D eigenvalue weighted by molar-refractivity contribution is -0.127. The Balaban J connectivity index is 1.32. The predicted molar refractivity (Wildman–Crippen MR) is 127 cm³/mol. The number of methoxy groups -OCH3 is 1. The lowest BCUT2D eigenvalue weighted by atomic mass is 10.2. The first-order chi connectivity index (χ1) is 16.6. The SMILES string of the molecule is CCc1ccc(OC(C)C(=O)NCCOc2ccc3nnc(-c4ccccc4OC)n3n2)cc1. The van der Waals surface area contributed by atoms with Crippen LogP contribution in [-0.4, -0.2) is 52.1 Å². The maximum Gasteiger partial charge on any atom is 0.260 e. The van der Waals surface area contributed by atoms with Gasteiger partial charge in [-0.1, -0.05) is 31.2 Å². The number of ether oxygens (including phenoxy) is 3. The van der Waals surface area contributed by atoms with Crippen molar-refractivity contribution < 1.29 is 19.0 Å². The summed E-state index contributed by atoms with van der Waals surface area (Å²) in [5.41, 5.74) is 2.57. The fourth-order valence-corrected chi connectivity index (χ4v) is 3.38. The molecular weight excluding hydrogens is 434 g/mol. The van der Waals surface area contributed by atoms with Crippen LogP contribution >= 0.6 is 0 Å². The highest BCUT2D eigenvalue weighted by Gasteiger charge is 2.16. The molecule has 176 valence electrons. The summed E-state index contributed by atoms with van der Waals surface area (Å²) in [6, 6.07) is 18.7. The van der Waals surface area contributed by atoms with Gasteiger partial charge in [-0.2, -0.15) is 4.52 Å². The molecule has 0 aliphatic heterocycles. The number of nitrogens with one attached hydrogen (secondary N) is 1. The third-order valence-corrected chi connectivity index (χ3v) is 5.25.